The number of aryl methyl sites for hydroxylation is 2. The molecule has 0 saturated carbocycles. The summed E-state index contributed by atoms with van der Waals surface area (Å²) in [6.07, 6.45) is 4.33. The first-order chi connectivity index (χ1) is 20.8. The van der Waals surface area contributed by atoms with Crippen LogP contribution in [0.5, 0.6) is 0 Å². The number of imidazole rings is 1. The monoisotopic (exact) mass is 755 g/mol. The third-order valence-corrected chi connectivity index (χ3v) is 9.02. The molecule has 3 heterocycles. The minimum atomic E-state index is -0.0162. The zero-order valence-corrected chi connectivity index (χ0v) is 28.8. The summed E-state index contributed by atoms with van der Waals surface area (Å²) in [5.41, 5.74) is 12.4. The van der Waals surface area contributed by atoms with E-state index < -0.39 is 0 Å². The van der Waals surface area contributed by atoms with Crippen LogP contribution in [0.25, 0.3) is 45.1 Å². The standard InChI is InChI=1S/C38H37BN3O.Ir/c1-23(2)27-16-11-17-28(24(3)4)35(27)42-37-32(21-22-41(7)39(37)34-25(5)13-10-14-26(34)6)40-38(42)31-19-12-18-30-29-15-8-9-20-33(29)43-36(30)31;/h8-18,20-24H,1-7H3;/q-1;. The van der Waals surface area contributed by atoms with Gasteiger partial charge in [0.15, 0.2) is 0 Å². The number of fused-ring (bicyclic) bond motifs is 4. The molecule has 0 saturated heterocycles. The van der Waals surface area contributed by atoms with E-state index in [0.29, 0.717) is 11.8 Å². The summed E-state index contributed by atoms with van der Waals surface area (Å²) in [6, 6.07) is 29.3. The Labute approximate surface area is 274 Å². The second-order valence-electron chi connectivity index (χ2n) is 12.5. The summed E-state index contributed by atoms with van der Waals surface area (Å²) in [7, 11) is 2.18. The SMILES string of the molecule is Cc1cccc(C)c1B1c2c(nc(-c3[c-]ccc4c3oc3ccccc34)n2-c2c(C(C)C)cccc2C(C)C)C=CN1C.[Ir]. The second kappa shape index (κ2) is 11.6. The normalized spacial score (nSPS) is 12.9. The number of benzene rings is 4. The summed E-state index contributed by atoms with van der Waals surface area (Å²) >= 11 is 0. The van der Waals surface area contributed by atoms with Gasteiger partial charge in [0, 0.05) is 36.8 Å². The van der Waals surface area contributed by atoms with Gasteiger partial charge in [-0.25, -0.2) is 0 Å². The van der Waals surface area contributed by atoms with Crippen molar-refractivity contribution in [3.05, 3.63) is 113 Å². The van der Waals surface area contributed by atoms with E-state index in [0.717, 1.165) is 39.0 Å². The van der Waals surface area contributed by atoms with Crippen molar-refractivity contribution in [3.8, 4) is 17.1 Å². The molecule has 4 nitrogen and oxygen atoms in total. The maximum absolute atomic E-state index is 6.57. The van der Waals surface area contributed by atoms with Crippen LogP contribution in [0.2, 0.25) is 0 Å². The van der Waals surface area contributed by atoms with Crippen molar-refractivity contribution in [2.75, 3.05) is 7.05 Å². The van der Waals surface area contributed by atoms with Crippen molar-refractivity contribution in [2.24, 2.45) is 0 Å². The molecule has 0 N–H and O–H groups in total. The molecule has 6 heteroatoms. The number of furan rings is 1. The first-order valence-electron chi connectivity index (χ1n) is 15.3. The van der Waals surface area contributed by atoms with Crippen molar-refractivity contribution in [3.63, 3.8) is 0 Å². The average molecular weight is 755 g/mol. The van der Waals surface area contributed by atoms with Crippen LogP contribution in [0.15, 0.2) is 83.4 Å². The van der Waals surface area contributed by atoms with Crippen molar-refractivity contribution in [2.45, 2.75) is 53.4 Å². The van der Waals surface area contributed by atoms with Crippen LogP contribution >= 0.6 is 0 Å². The predicted octanol–water partition coefficient (Wildman–Crippen LogP) is 8.12. The minimum absolute atomic E-state index is 0. The maximum Gasteiger partial charge on any atom is 0.342 e. The molecule has 1 aliphatic heterocycles. The van der Waals surface area contributed by atoms with E-state index in [1.165, 1.54) is 39.0 Å². The number of rotatable bonds is 5. The van der Waals surface area contributed by atoms with Crippen LogP contribution in [0.1, 0.15) is 67.5 Å². The Bertz CT molecular complexity index is 2000. The summed E-state index contributed by atoms with van der Waals surface area (Å²) in [5.74, 6) is 1.50. The van der Waals surface area contributed by atoms with Crippen LogP contribution in [0.3, 0.4) is 0 Å². The van der Waals surface area contributed by atoms with Gasteiger partial charge in [-0.05, 0) is 67.7 Å². The fourth-order valence-corrected chi connectivity index (χ4v) is 6.92. The van der Waals surface area contributed by atoms with Crippen LogP contribution in [-0.4, -0.2) is 28.3 Å². The zero-order valence-electron chi connectivity index (χ0n) is 26.4. The Morgan fingerprint density at radius 2 is 1.48 bits per heavy atom. The van der Waals surface area contributed by atoms with Crippen molar-refractivity contribution < 1.29 is 24.5 Å². The van der Waals surface area contributed by atoms with E-state index in [2.05, 4.69) is 131 Å². The third kappa shape index (κ3) is 4.67. The van der Waals surface area contributed by atoms with Crippen molar-refractivity contribution in [1.82, 2.24) is 14.4 Å². The molecule has 7 rings (SSSR count). The first-order valence-corrected chi connectivity index (χ1v) is 15.3. The first kappa shape index (κ1) is 30.2. The molecule has 0 bridgehead atoms. The number of hydrogen-bond acceptors (Lipinski definition) is 3. The zero-order chi connectivity index (χ0) is 30.0. The van der Waals surface area contributed by atoms with Gasteiger partial charge >= 0.3 is 6.85 Å². The fourth-order valence-electron chi connectivity index (χ4n) is 6.92. The topological polar surface area (TPSA) is 34.2 Å². The Morgan fingerprint density at radius 3 is 2.16 bits per heavy atom. The number of aromatic nitrogens is 2. The van der Waals surface area contributed by atoms with Crippen LogP contribution < -0.4 is 11.1 Å². The van der Waals surface area contributed by atoms with Crippen molar-refractivity contribution in [1.29, 1.82) is 0 Å². The summed E-state index contributed by atoms with van der Waals surface area (Å²) < 4.78 is 9.03. The van der Waals surface area contributed by atoms with E-state index >= 15 is 0 Å². The Balaban J connectivity index is 0.00000343. The third-order valence-electron chi connectivity index (χ3n) is 9.02. The van der Waals surface area contributed by atoms with Gasteiger partial charge in [-0.15, -0.1) is 18.2 Å². The van der Waals surface area contributed by atoms with E-state index in [-0.39, 0.29) is 27.0 Å². The average Bonchev–Trinajstić information content (AvgIpc) is 3.56. The van der Waals surface area contributed by atoms with Gasteiger partial charge in [-0.3, -0.25) is 4.98 Å². The summed E-state index contributed by atoms with van der Waals surface area (Å²) in [6.45, 7) is 13.6. The van der Waals surface area contributed by atoms with E-state index in [9.17, 15) is 0 Å². The number of hydrogen-bond donors (Lipinski definition) is 0. The molecule has 4 aromatic carbocycles. The van der Waals surface area contributed by atoms with Crippen LogP contribution in [0, 0.1) is 19.9 Å². The van der Waals surface area contributed by atoms with Gasteiger partial charge < -0.3 is 13.8 Å². The Morgan fingerprint density at radius 1 is 0.818 bits per heavy atom. The molecule has 0 fully saturated rings. The molecular formula is C38H37BIrN3O-. The van der Waals surface area contributed by atoms with Crippen molar-refractivity contribution >= 4 is 45.9 Å². The quantitative estimate of drug-likeness (QED) is 0.132. The molecule has 0 spiro atoms. The Kier molecular flexibility index (Phi) is 7.94. The van der Waals surface area contributed by atoms with Crippen LogP contribution in [-0.2, 0) is 20.1 Å². The molecule has 0 unspecified atom stereocenters. The molecule has 0 aliphatic carbocycles. The van der Waals surface area contributed by atoms with Gasteiger partial charge in [-0.1, -0.05) is 104 Å². The molecule has 1 aliphatic rings. The molecular weight excluding hydrogens is 717 g/mol. The van der Waals surface area contributed by atoms with Gasteiger partial charge in [-0.2, -0.15) is 0 Å². The minimum Gasteiger partial charge on any atom is -0.501 e. The predicted molar refractivity (Wildman–Crippen MR) is 181 cm³/mol. The molecule has 2 aromatic heterocycles. The fraction of sp³-hybridized carbons (Fsp3) is 0.237. The summed E-state index contributed by atoms with van der Waals surface area (Å²) in [5, 5.41) is 2.19. The van der Waals surface area contributed by atoms with E-state index in [1.807, 2.05) is 18.2 Å². The van der Waals surface area contributed by atoms with Gasteiger partial charge in [0.2, 0.25) is 0 Å². The molecule has 0 atom stereocenters. The number of para-hydroxylation sites is 2. The molecule has 6 aromatic rings. The largest absolute Gasteiger partial charge is 0.501 e. The maximum atomic E-state index is 6.57. The van der Waals surface area contributed by atoms with Gasteiger partial charge in [0.1, 0.15) is 5.58 Å². The molecule has 0 amide bonds. The van der Waals surface area contributed by atoms with Gasteiger partial charge in [0.25, 0.3) is 0 Å². The smallest absolute Gasteiger partial charge is 0.342 e. The molecule has 44 heavy (non-hydrogen) atoms. The molecule has 223 valence electrons. The molecule has 1 radical (unpaired) electrons. The Hall–Kier alpha value is -3.86. The summed E-state index contributed by atoms with van der Waals surface area (Å²) in [4.78, 5) is 7.78. The van der Waals surface area contributed by atoms with E-state index in [1.54, 1.807) is 0 Å². The number of nitrogens with zero attached hydrogens (tertiary/aromatic N) is 3. The van der Waals surface area contributed by atoms with Gasteiger partial charge in [0.05, 0.1) is 17.1 Å². The van der Waals surface area contributed by atoms with E-state index in [4.69, 9.17) is 9.40 Å². The second-order valence-corrected chi connectivity index (χ2v) is 12.5. The van der Waals surface area contributed by atoms with Crippen LogP contribution in [0.4, 0.5) is 0 Å².